The van der Waals surface area contributed by atoms with Crippen LogP contribution in [-0.2, 0) is 4.74 Å². The minimum atomic E-state index is 0.213. The van der Waals surface area contributed by atoms with Crippen LogP contribution in [0.5, 0.6) is 0 Å². The summed E-state index contributed by atoms with van der Waals surface area (Å²) < 4.78 is 4.77. The number of methoxy groups -OCH3 is 1. The Labute approximate surface area is 38.3 Å². The normalized spacial score (nSPS) is 14.5. The van der Waals surface area contributed by atoms with Gasteiger partial charge in [0.15, 0.2) is 0 Å². The fraction of sp³-hybridized carbons (Fsp3) is 1.00. The fourth-order valence-corrected chi connectivity index (χ4v) is 0.0962. The third kappa shape index (κ3) is 2.18. The standard InChI is InChI=1S/C4H11NO/c1-4(3-5)6-2/h4H,3,5H2,1-2H3/t4-/m0/s1. The van der Waals surface area contributed by atoms with Gasteiger partial charge in [-0.3, -0.25) is 0 Å². The van der Waals surface area contributed by atoms with Crippen LogP contribution in [0.25, 0.3) is 0 Å². The van der Waals surface area contributed by atoms with Crippen LogP contribution < -0.4 is 5.73 Å². The molecule has 0 saturated carbocycles. The van der Waals surface area contributed by atoms with E-state index in [1.807, 2.05) is 6.92 Å². The molecule has 0 aromatic carbocycles. The van der Waals surface area contributed by atoms with Gasteiger partial charge >= 0.3 is 0 Å². The summed E-state index contributed by atoms with van der Waals surface area (Å²) >= 11 is 0. The van der Waals surface area contributed by atoms with Crippen molar-refractivity contribution < 1.29 is 4.74 Å². The van der Waals surface area contributed by atoms with Crippen LogP contribution in [0.3, 0.4) is 0 Å². The molecular weight excluding hydrogens is 78.0 g/mol. The van der Waals surface area contributed by atoms with E-state index in [0.717, 1.165) is 0 Å². The van der Waals surface area contributed by atoms with Crippen LogP contribution in [0.4, 0.5) is 0 Å². The average Bonchev–Trinajstić information content (AvgIpc) is 1.65. The number of nitrogens with two attached hydrogens (primary N) is 1. The minimum Gasteiger partial charge on any atom is -0.380 e. The van der Waals surface area contributed by atoms with E-state index in [0.29, 0.717) is 6.54 Å². The molecule has 0 aliphatic carbocycles. The molecule has 0 aliphatic rings. The topological polar surface area (TPSA) is 35.2 Å². The molecule has 2 heteroatoms. The summed E-state index contributed by atoms with van der Waals surface area (Å²) in [7, 11) is 1.65. The molecule has 0 heterocycles. The minimum absolute atomic E-state index is 0.213. The average molecular weight is 89.1 g/mol. The van der Waals surface area contributed by atoms with Gasteiger partial charge in [-0.05, 0) is 6.92 Å². The Morgan fingerprint density at radius 2 is 2.33 bits per heavy atom. The third-order valence-electron chi connectivity index (χ3n) is 0.734. The van der Waals surface area contributed by atoms with Gasteiger partial charge in [0.25, 0.3) is 0 Å². The lowest BCUT2D eigenvalue weighted by Gasteiger charge is -2.01. The van der Waals surface area contributed by atoms with Gasteiger partial charge in [0.05, 0.1) is 6.10 Å². The van der Waals surface area contributed by atoms with Crippen molar-refractivity contribution in [1.29, 1.82) is 0 Å². The zero-order valence-electron chi connectivity index (χ0n) is 4.27. The van der Waals surface area contributed by atoms with E-state index in [-0.39, 0.29) is 6.10 Å². The number of hydrogen-bond acceptors (Lipinski definition) is 2. The first-order chi connectivity index (χ1) is 2.81. The molecule has 0 aliphatic heterocycles. The molecular formula is C4H11NO. The summed E-state index contributed by atoms with van der Waals surface area (Å²) in [5, 5.41) is 0. The quantitative estimate of drug-likeness (QED) is 0.516. The highest BCUT2D eigenvalue weighted by atomic mass is 16.5. The van der Waals surface area contributed by atoms with Gasteiger partial charge in [0.1, 0.15) is 0 Å². The molecule has 0 radical (unpaired) electrons. The van der Waals surface area contributed by atoms with Gasteiger partial charge in [0.2, 0.25) is 0 Å². The molecule has 2 N–H and O–H groups in total. The molecule has 1 atom stereocenters. The summed E-state index contributed by atoms with van der Waals surface area (Å²) in [4.78, 5) is 0. The molecule has 6 heavy (non-hydrogen) atoms. The first-order valence-corrected chi connectivity index (χ1v) is 2.04. The number of ether oxygens (including phenoxy) is 1. The molecule has 0 spiro atoms. The van der Waals surface area contributed by atoms with Crippen molar-refractivity contribution in [3.8, 4) is 0 Å². The van der Waals surface area contributed by atoms with Crippen LogP contribution in [0, 0.1) is 0 Å². The van der Waals surface area contributed by atoms with E-state index in [9.17, 15) is 0 Å². The Balaban J connectivity index is 2.75. The van der Waals surface area contributed by atoms with E-state index >= 15 is 0 Å². The van der Waals surface area contributed by atoms with Crippen molar-refractivity contribution in [2.75, 3.05) is 13.7 Å². The lowest BCUT2D eigenvalue weighted by atomic mass is 10.4. The third-order valence-corrected chi connectivity index (χ3v) is 0.734. The summed E-state index contributed by atoms with van der Waals surface area (Å²) in [5.74, 6) is 0. The monoisotopic (exact) mass is 89.1 g/mol. The van der Waals surface area contributed by atoms with E-state index in [1.165, 1.54) is 0 Å². The fourth-order valence-electron chi connectivity index (χ4n) is 0.0962. The first kappa shape index (κ1) is 5.92. The highest BCUT2D eigenvalue weighted by Crippen LogP contribution is 1.78. The lowest BCUT2D eigenvalue weighted by molar-refractivity contribution is 0.125. The van der Waals surface area contributed by atoms with Crippen LogP contribution >= 0.6 is 0 Å². The SMILES string of the molecule is CO[C@@H](C)CN. The van der Waals surface area contributed by atoms with Gasteiger partial charge in [0, 0.05) is 13.7 Å². The number of rotatable bonds is 2. The molecule has 0 saturated heterocycles. The Hall–Kier alpha value is -0.0800. The second-order valence-electron chi connectivity index (χ2n) is 1.28. The molecule has 0 fully saturated rings. The van der Waals surface area contributed by atoms with Gasteiger partial charge in [-0.25, -0.2) is 0 Å². The maximum absolute atomic E-state index is 5.16. The molecule has 38 valence electrons. The van der Waals surface area contributed by atoms with Gasteiger partial charge in [-0.1, -0.05) is 0 Å². The summed E-state index contributed by atoms with van der Waals surface area (Å²) in [5.41, 5.74) is 5.16. The predicted octanol–water partition coefficient (Wildman–Crippen LogP) is -0.0200. The molecule has 0 unspecified atom stereocenters. The molecule has 0 bridgehead atoms. The number of hydrogen-bond donors (Lipinski definition) is 1. The van der Waals surface area contributed by atoms with Crippen molar-refractivity contribution >= 4 is 0 Å². The summed E-state index contributed by atoms with van der Waals surface area (Å²) in [6.45, 7) is 2.54. The van der Waals surface area contributed by atoms with Crippen molar-refractivity contribution in [3.63, 3.8) is 0 Å². The summed E-state index contributed by atoms with van der Waals surface area (Å²) in [6, 6.07) is 0. The Morgan fingerprint density at radius 1 is 1.83 bits per heavy atom. The molecule has 0 aromatic rings. The Morgan fingerprint density at radius 3 is 2.33 bits per heavy atom. The molecule has 0 rings (SSSR count). The van der Waals surface area contributed by atoms with Crippen molar-refractivity contribution in [1.82, 2.24) is 0 Å². The Bertz CT molecular complexity index is 26.7. The van der Waals surface area contributed by atoms with Crippen LogP contribution in [-0.4, -0.2) is 19.8 Å². The van der Waals surface area contributed by atoms with Crippen molar-refractivity contribution in [2.24, 2.45) is 5.73 Å². The zero-order chi connectivity index (χ0) is 4.99. The lowest BCUT2D eigenvalue weighted by Crippen LogP contribution is -2.17. The second kappa shape index (κ2) is 3.12. The van der Waals surface area contributed by atoms with E-state index in [4.69, 9.17) is 10.5 Å². The smallest absolute Gasteiger partial charge is 0.0665 e. The van der Waals surface area contributed by atoms with E-state index < -0.39 is 0 Å². The molecule has 2 nitrogen and oxygen atoms in total. The molecule has 0 aromatic heterocycles. The highest BCUT2D eigenvalue weighted by Gasteiger charge is 1.88. The van der Waals surface area contributed by atoms with Crippen LogP contribution in [0.1, 0.15) is 6.92 Å². The maximum Gasteiger partial charge on any atom is 0.0665 e. The second-order valence-corrected chi connectivity index (χ2v) is 1.28. The Kier molecular flexibility index (Phi) is 3.08. The van der Waals surface area contributed by atoms with Crippen molar-refractivity contribution in [3.05, 3.63) is 0 Å². The zero-order valence-corrected chi connectivity index (χ0v) is 4.27. The van der Waals surface area contributed by atoms with Gasteiger partial charge in [-0.2, -0.15) is 0 Å². The summed E-state index contributed by atoms with van der Waals surface area (Å²) in [6.07, 6.45) is 0.213. The molecule has 0 amide bonds. The van der Waals surface area contributed by atoms with E-state index in [2.05, 4.69) is 0 Å². The van der Waals surface area contributed by atoms with Gasteiger partial charge < -0.3 is 10.5 Å². The largest absolute Gasteiger partial charge is 0.380 e. The van der Waals surface area contributed by atoms with Crippen LogP contribution in [0.15, 0.2) is 0 Å². The van der Waals surface area contributed by atoms with Gasteiger partial charge in [-0.15, -0.1) is 0 Å². The highest BCUT2D eigenvalue weighted by molar-refractivity contribution is 4.43. The maximum atomic E-state index is 5.16. The predicted molar refractivity (Wildman–Crippen MR) is 25.5 cm³/mol. The first-order valence-electron chi connectivity index (χ1n) is 2.04. The van der Waals surface area contributed by atoms with Crippen molar-refractivity contribution in [2.45, 2.75) is 13.0 Å². The van der Waals surface area contributed by atoms with E-state index in [1.54, 1.807) is 7.11 Å². The van der Waals surface area contributed by atoms with Crippen LogP contribution in [0.2, 0.25) is 0 Å².